The van der Waals surface area contributed by atoms with Gasteiger partial charge in [0, 0.05) is 12.5 Å². The van der Waals surface area contributed by atoms with Crippen LogP contribution in [0.15, 0.2) is 0 Å². The fraction of sp³-hybridized carbons (Fsp3) is 0.909. The molecule has 2 bridgehead atoms. The average molecular weight is 197 g/mol. The summed E-state index contributed by atoms with van der Waals surface area (Å²) in [6.07, 6.45) is 3.14. The van der Waals surface area contributed by atoms with Gasteiger partial charge in [0.2, 0.25) is 0 Å². The molecule has 3 atom stereocenters. The van der Waals surface area contributed by atoms with Crippen molar-refractivity contribution in [2.45, 2.75) is 52.2 Å². The molecule has 3 unspecified atom stereocenters. The van der Waals surface area contributed by atoms with Crippen LogP contribution in [0.5, 0.6) is 0 Å². The maximum absolute atomic E-state index is 11.2. The predicted octanol–water partition coefficient (Wildman–Crippen LogP) is 2.31. The zero-order valence-corrected chi connectivity index (χ0v) is 9.17. The Bertz CT molecular complexity index is 244. The highest BCUT2D eigenvalue weighted by Crippen LogP contribution is 2.40. The second-order valence-electron chi connectivity index (χ2n) is 5.56. The van der Waals surface area contributed by atoms with E-state index < -0.39 is 0 Å². The van der Waals surface area contributed by atoms with Crippen molar-refractivity contribution < 1.29 is 9.53 Å². The molecule has 0 radical (unpaired) electrons. The van der Waals surface area contributed by atoms with E-state index in [0.717, 1.165) is 12.8 Å². The second kappa shape index (κ2) is 3.14. The van der Waals surface area contributed by atoms with Crippen molar-refractivity contribution in [2.75, 3.05) is 0 Å². The topological polar surface area (TPSA) is 38.3 Å². The molecule has 2 rings (SSSR count). The zero-order chi connectivity index (χ0) is 10.3. The summed E-state index contributed by atoms with van der Waals surface area (Å²) in [5, 5.41) is 2.94. The quantitative estimate of drug-likeness (QED) is 0.647. The van der Waals surface area contributed by atoms with Crippen LogP contribution in [0.25, 0.3) is 0 Å². The van der Waals surface area contributed by atoms with Crippen molar-refractivity contribution in [1.29, 1.82) is 0 Å². The molecule has 0 aromatic carbocycles. The Morgan fingerprint density at radius 1 is 1.36 bits per heavy atom. The molecule has 2 aliphatic rings. The summed E-state index contributed by atoms with van der Waals surface area (Å²) in [7, 11) is 0. The minimum atomic E-state index is -0.222. The molecule has 14 heavy (non-hydrogen) atoms. The van der Waals surface area contributed by atoms with E-state index in [2.05, 4.69) is 26.1 Å². The van der Waals surface area contributed by atoms with E-state index in [9.17, 15) is 4.79 Å². The number of amides is 1. The van der Waals surface area contributed by atoms with Crippen LogP contribution >= 0.6 is 0 Å². The zero-order valence-electron chi connectivity index (χ0n) is 9.17. The van der Waals surface area contributed by atoms with E-state index in [-0.39, 0.29) is 17.6 Å². The summed E-state index contributed by atoms with van der Waals surface area (Å²) in [4.78, 5) is 11.2. The molecule has 3 nitrogen and oxygen atoms in total. The van der Waals surface area contributed by atoms with Crippen LogP contribution in [0.1, 0.15) is 40.0 Å². The number of carbonyl (C=O) groups excluding carboxylic acids is 1. The van der Waals surface area contributed by atoms with Gasteiger partial charge in [0.25, 0.3) is 0 Å². The molecule has 0 spiro atoms. The average Bonchev–Trinajstić information content (AvgIpc) is 2.00. The van der Waals surface area contributed by atoms with Gasteiger partial charge in [-0.2, -0.15) is 0 Å². The molecule has 1 amide bonds. The van der Waals surface area contributed by atoms with Gasteiger partial charge in [-0.1, -0.05) is 20.8 Å². The third kappa shape index (κ3) is 1.72. The summed E-state index contributed by atoms with van der Waals surface area (Å²) < 4.78 is 5.17. The number of fused-ring (bicyclic) bond motifs is 2. The molecule has 0 aromatic rings. The van der Waals surface area contributed by atoms with Crippen LogP contribution in [0.3, 0.4) is 0 Å². The first-order valence-corrected chi connectivity index (χ1v) is 5.44. The van der Waals surface area contributed by atoms with Gasteiger partial charge < -0.3 is 10.1 Å². The normalized spacial score (nSPS) is 37.4. The number of rotatable bonds is 0. The molecule has 80 valence electrons. The lowest BCUT2D eigenvalue weighted by Gasteiger charge is -2.45. The fourth-order valence-corrected chi connectivity index (χ4v) is 2.77. The van der Waals surface area contributed by atoms with Gasteiger partial charge in [-0.25, -0.2) is 4.79 Å². The second-order valence-corrected chi connectivity index (χ2v) is 5.56. The maximum atomic E-state index is 11.2. The standard InChI is InChI=1S/C11H19NO2/c1-11(2,3)8-5-4-7-6-9(8)12-10(13)14-7/h7-9H,4-6H2,1-3H3,(H,12,13). The highest BCUT2D eigenvalue weighted by atomic mass is 16.6. The van der Waals surface area contributed by atoms with Crippen molar-refractivity contribution in [3.05, 3.63) is 0 Å². The Kier molecular flexibility index (Phi) is 2.20. The summed E-state index contributed by atoms with van der Waals surface area (Å²) >= 11 is 0. The molecule has 1 aliphatic heterocycles. The van der Waals surface area contributed by atoms with Crippen molar-refractivity contribution in [1.82, 2.24) is 5.32 Å². The molecule has 1 saturated carbocycles. The monoisotopic (exact) mass is 197 g/mol. The number of ether oxygens (including phenoxy) is 1. The highest BCUT2D eigenvalue weighted by Gasteiger charge is 2.42. The van der Waals surface area contributed by atoms with E-state index >= 15 is 0 Å². The smallest absolute Gasteiger partial charge is 0.407 e. The Hall–Kier alpha value is -0.730. The van der Waals surface area contributed by atoms with Gasteiger partial charge in [0.05, 0.1) is 0 Å². The fourth-order valence-electron chi connectivity index (χ4n) is 2.77. The third-order valence-corrected chi connectivity index (χ3v) is 3.49. The van der Waals surface area contributed by atoms with Crippen LogP contribution < -0.4 is 5.32 Å². The molecule has 1 N–H and O–H groups in total. The lowest BCUT2D eigenvalue weighted by molar-refractivity contribution is -0.00731. The van der Waals surface area contributed by atoms with Crippen molar-refractivity contribution in [3.8, 4) is 0 Å². The molecule has 1 heterocycles. The van der Waals surface area contributed by atoms with Gasteiger partial charge in [-0.15, -0.1) is 0 Å². The Balaban J connectivity index is 2.12. The van der Waals surface area contributed by atoms with Crippen molar-refractivity contribution in [2.24, 2.45) is 11.3 Å². The predicted molar refractivity (Wildman–Crippen MR) is 54.0 cm³/mol. The summed E-state index contributed by atoms with van der Waals surface area (Å²) in [6, 6.07) is 0.329. The van der Waals surface area contributed by atoms with E-state index in [1.165, 1.54) is 6.42 Å². The van der Waals surface area contributed by atoms with Gasteiger partial charge in [0.1, 0.15) is 6.10 Å². The number of alkyl carbamates (subject to hydrolysis) is 1. The van der Waals surface area contributed by atoms with Crippen molar-refractivity contribution >= 4 is 6.09 Å². The Morgan fingerprint density at radius 2 is 2.07 bits per heavy atom. The molecule has 0 aromatic heterocycles. The van der Waals surface area contributed by atoms with E-state index in [1.807, 2.05) is 0 Å². The van der Waals surface area contributed by atoms with Crippen LogP contribution in [0.2, 0.25) is 0 Å². The number of nitrogens with one attached hydrogen (secondary N) is 1. The summed E-state index contributed by atoms with van der Waals surface area (Å²) in [6.45, 7) is 6.75. The highest BCUT2D eigenvalue weighted by molar-refractivity contribution is 5.68. The molecule has 1 aliphatic carbocycles. The van der Waals surface area contributed by atoms with Gasteiger partial charge in [-0.05, 0) is 24.2 Å². The maximum Gasteiger partial charge on any atom is 0.407 e. The van der Waals surface area contributed by atoms with Crippen LogP contribution in [-0.4, -0.2) is 18.2 Å². The SMILES string of the molecule is CC(C)(C)C1CCC2CC1NC(=O)O2. The Morgan fingerprint density at radius 3 is 2.71 bits per heavy atom. The minimum Gasteiger partial charge on any atom is -0.446 e. The lowest BCUT2D eigenvalue weighted by Crippen LogP contribution is -2.55. The summed E-state index contributed by atoms with van der Waals surface area (Å²) in [5.41, 5.74) is 0.278. The van der Waals surface area contributed by atoms with Crippen LogP contribution in [-0.2, 0) is 4.74 Å². The molecule has 1 saturated heterocycles. The number of carbonyl (C=O) groups is 1. The molecular formula is C11H19NO2. The van der Waals surface area contributed by atoms with Gasteiger partial charge in [0.15, 0.2) is 0 Å². The molecular weight excluding hydrogens is 178 g/mol. The van der Waals surface area contributed by atoms with Gasteiger partial charge in [-0.3, -0.25) is 0 Å². The van der Waals surface area contributed by atoms with Gasteiger partial charge >= 0.3 is 6.09 Å². The largest absolute Gasteiger partial charge is 0.446 e. The number of hydrogen-bond acceptors (Lipinski definition) is 2. The van der Waals surface area contributed by atoms with E-state index in [1.54, 1.807) is 0 Å². The molecule has 2 fully saturated rings. The first-order chi connectivity index (χ1) is 6.47. The van der Waals surface area contributed by atoms with E-state index in [0.29, 0.717) is 12.0 Å². The molecule has 3 heteroatoms. The minimum absolute atomic E-state index is 0.173. The Labute approximate surface area is 85.2 Å². The first kappa shape index (κ1) is 9.81. The lowest BCUT2D eigenvalue weighted by atomic mass is 9.68. The first-order valence-electron chi connectivity index (χ1n) is 5.44. The van der Waals surface area contributed by atoms with Crippen molar-refractivity contribution in [3.63, 3.8) is 0 Å². The van der Waals surface area contributed by atoms with Crippen LogP contribution in [0.4, 0.5) is 4.79 Å². The van der Waals surface area contributed by atoms with Crippen LogP contribution in [0, 0.1) is 11.3 Å². The number of hydrogen-bond donors (Lipinski definition) is 1. The third-order valence-electron chi connectivity index (χ3n) is 3.49. The van der Waals surface area contributed by atoms with E-state index in [4.69, 9.17) is 4.74 Å². The summed E-state index contributed by atoms with van der Waals surface area (Å²) in [5.74, 6) is 0.589.